The Labute approximate surface area is 143 Å². The number of carbonyl (C=O) groups is 2. The molecule has 0 aliphatic carbocycles. The van der Waals surface area contributed by atoms with Gasteiger partial charge in [0.25, 0.3) is 5.91 Å². The van der Waals surface area contributed by atoms with E-state index in [4.69, 9.17) is 4.74 Å². The second-order valence-corrected chi connectivity index (χ2v) is 6.46. The Morgan fingerprint density at radius 1 is 1.21 bits per heavy atom. The highest BCUT2D eigenvalue weighted by molar-refractivity contribution is 7.09. The summed E-state index contributed by atoms with van der Waals surface area (Å²) >= 11 is 1.65. The number of benzene rings is 1. The molecule has 3 rings (SSSR count). The maximum Gasteiger partial charge on any atom is 0.341 e. The molecule has 24 heavy (non-hydrogen) atoms. The van der Waals surface area contributed by atoms with Crippen molar-refractivity contribution in [3.05, 3.63) is 57.9 Å². The predicted octanol–water partition coefficient (Wildman–Crippen LogP) is 3.05. The van der Waals surface area contributed by atoms with Crippen LogP contribution in [0.25, 0.3) is 10.9 Å². The lowest BCUT2D eigenvalue weighted by Crippen LogP contribution is -2.30. The highest BCUT2D eigenvalue weighted by atomic mass is 32.1. The number of para-hydroxylation sites is 1. The Hall–Kier alpha value is -2.60. The van der Waals surface area contributed by atoms with Crippen LogP contribution in [0.3, 0.4) is 0 Å². The quantitative estimate of drug-likeness (QED) is 0.676. The van der Waals surface area contributed by atoms with E-state index in [9.17, 15) is 9.59 Å². The van der Waals surface area contributed by atoms with Gasteiger partial charge in [0.05, 0.1) is 5.56 Å². The van der Waals surface area contributed by atoms with Crippen LogP contribution in [-0.4, -0.2) is 30.0 Å². The summed E-state index contributed by atoms with van der Waals surface area (Å²) in [5, 5.41) is 5.56. The third-order valence-corrected chi connectivity index (χ3v) is 4.64. The molecule has 0 unspecified atom stereocenters. The number of rotatable bonds is 6. The fourth-order valence-corrected chi connectivity index (χ4v) is 3.28. The van der Waals surface area contributed by atoms with E-state index in [-0.39, 0.29) is 12.5 Å². The minimum Gasteiger partial charge on any atom is -0.452 e. The van der Waals surface area contributed by atoms with Gasteiger partial charge in [0.1, 0.15) is 0 Å². The van der Waals surface area contributed by atoms with Crippen molar-refractivity contribution in [2.45, 2.75) is 13.3 Å². The summed E-state index contributed by atoms with van der Waals surface area (Å²) in [5.41, 5.74) is 2.10. The van der Waals surface area contributed by atoms with Crippen molar-refractivity contribution in [1.82, 2.24) is 10.3 Å². The zero-order valence-electron chi connectivity index (χ0n) is 13.3. The molecule has 0 aliphatic rings. The number of thiophene rings is 1. The molecule has 0 aliphatic heterocycles. The van der Waals surface area contributed by atoms with Gasteiger partial charge in [0, 0.05) is 28.0 Å². The van der Waals surface area contributed by atoms with Crippen molar-refractivity contribution in [3.8, 4) is 0 Å². The normalized spacial score (nSPS) is 10.7. The maximum absolute atomic E-state index is 12.3. The summed E-state index contributed by atoms with van der Waals surface area (Å²) < 4.78 is 5.16. The number of carbonyl (C=O) groups excluding carboxylic acids is 2. The van der Waals surface area contributed by atoms with Crippen LogP contribution in [0.5, 0.6) is 0 Å². The number of esters is 1. The molecule has 0 atom stereocenters. The van der Waals surface area contributed by atoms with Gasteiger partial charge in [-0.2, -0.15) is 0 Å². The third kappa shape index (κ3) is 3.65. The van der Waals surface area contributed by atoms with Gasteiger partial charge in [-0.05, 0) is 30.9 Å². The molecule has 2 heterocycles. The Kier molecular flexibility index (Phi) is 4.96. The minimum absolute atomic E-state index is 0.276. The number of aromatic nitrogens is 1. The summed E-state index contributed by atoms with van der Waals surface area (Å²) in [6.45, 7) is 2.07. The van der Waals surface area contributed by atoms with Crippen molar-refractivity contribution in [1.29, 1.82) is 0 Å². The van der Waals surface area contributed by atoms with E-state index in [0.717, 1.165) is 23.0 Å². The molecule has 5 nitrogen and oxygen atoms in total. The van der Waals surface area contributed by atoms with E-state index in [1.165, 1.54) is 4.88 Å². The number of nitrogens with one attached hydrogen (secondary N) is 2. The smallest absolute Gasteiger partial charge is 0.341 e. The number of H-pyrrole nitrogens is 1. The summed E-state index contributed by atoms with van der Waals surface area (Å²) in [4.78, 5) is 28.4. The fourth-order valence-electron chi connectivity index (χ4n) is 2.57. The molecule has 1 aromatic carbocycles. The lowest BCUT2D eigenvalue weighted by Gasteiger charge is -2.06. The molecule has 0 saturated carbocycles. The van der Waals surface area contributed by atoms with E-state index in [1.54, 1.807) is 11.3 Å². The average molecular weight is 342 g/mol. The number of aromatic amines is 1. The van der Waals surface area contributed by atoms with Crippen LogP contribution in [0, 0.1) is 6.92 Å². The Bertz CT molecular complexity index is 852. The molecule has 6 heteroatoms. The first-order chi connectivity index (χ1) is 11.6. The van der Waals surface area contributed by atoms with E-state index in [2.05, 4.69) is 10.3 Å². The van der Waals surface area contributed by atoms with Crippen LogP contribution in [0.1, 0.15) is 20.9 Å². The molecule has 2 N–H and O–H groups in total. The number of fused-ring (bicyclic) bond motifs is 1. The second-order valence-electron chi connectivity index (χ2n) is 5.43. The zero-order chi connectivity index (χ0) is 16.9. The summed E-state index contributed by atoms with van der Waals surface area (Å²) in [7, 11) is 0. The zero-order valence-corrected chi connectivity index (χ0v) is 14.1. The average Bonchev–Trinajstić information content (AvgIpc) is 3.19. The first-order valence-corrected chi connectivity index (χ1v) is 8.56. The van der Waals surface area contributed by atoms with Crippen LogP contribution < -0.4 is 5.32 Å². The molecular formula is C18H18N2O3S. The van der Waals surface area contributed by atoms with Gasteiger partial charge in [-0.25, -0.2) is 4.79 Å². The van der Waals surface area contributed by atoms with Gasteiger partial charge in [-0.3, -0.25) is 4.79 Å². The van der Waals surface area contributed by atoms with Crippen molar-refractivity contribution >= 4 is 34.1 Å². The van der Waals surface area contributed by atoms with Crippen molar-refractivity contribution in [2.75, 3.05) is 13.2 Å². The number of ether oxygens (including phenoxy) is 1. The number of aryl methyl sites for hydroxylation is 1. The largest absolute Gasteiger partial charge is 0.452 e. The van der Waals surface area contributed by atoms with Crippen molar-refractivity contribution in [2.24, 2.45) is 0 Å². The van der Waals surface area contributed by atoms with Gasteiger partial charge >= 0.3 is 5.97 Å². The lowest BCUT2D eigenvalue weighted by molar-refractivity contribution is -0.124. The predicted molar refractivity (Wildman–Crippen MR) is 94.4 cm³/mol. The standard InChI is InChI=1S/C18H18N2O3S/c1-12-17(14-6-2-3-7-15(14)20-12)18(22)23-11-16(21)19-9-8-13-5-4-10-24-13/h2-7,10,20H,8-9,11H2,1H3,(H,19,21). The summed E-state index contributed by atoms with van der Waals surface area (Å²) in [6.07, 6.45) is 0.777. The molecular weight excluding hydrogens is 324 g/mol. The first-order valence-electron chi connectivity index (χ1n) is 7.68. The molecule has 2 aromatic heterocycles. The van der Waals surface area contributed by atoms with Crippen LogP contribution in [-0.2, 0) is 16.0 Å². The number of hydrogen-bond acceptors (Lipinski definition) is 4. The molecule has 3 aromatic rings. The summed E-state index contributed by atoms with van der Waals surface area (Å²) in [5.74, 6) is -0.782. The van der Waals surface area contributed by atoms with Gasteiger partial charge < -0.3 is 15.0 Å². The lowest BCUT2D eigenvalue weighted by atomic mass is 10.1. The maximum atomic E-state index is 12.3. The summed E-state index contributed by atoms with van der Waals surface area (Å²) in [6, 6.07) is 11.5. The Morgan fingerprint density at radius 2 is 2.04 bits per heavy atom. The molecule has 124 valence electrons. The van der Waals surface area contributed by atoms with E-state index in [0.29, 0.717) is 12.1 Å². The van der Waals surface area contributed by atoms with E-state index in [1.807, 2.05) is 48.7 Å². The number of hydrogen-bond donors (Lipinski definition) is 2. The molecule has 0 bridgehead atoms. The van der Waals surface area contributed by atoms with Crippen LogP contribution in [0.15, 0.2) is 41.8 Å². The van der Waals surface area contributed by atoms with E-state index < -0.39 is 5.97 Å². The van der Waals surface area contributed by atoms with Gasteiger partial charge in [0.2, 0.25) is 0 Å². The van der Waals surface area contributed by atoms with Gasteiger partial charge in [0.15, 0.2) is 6.61 Å². The van der Waals surface area contributed by atoms with Crippen LogP contribution in [0.2, 0.25) is 0 Å². The second kappa shape index (κ2) is 7.31. The molecule has 0 fully saturated rings. The Morgan fingerprint density at radius 3 is 2.83 bits per heavy atom. The highest BCUT2D eigenvalue weighted by Crippen LogP contribution is 2.22. The van der Waals surface area contributed by atoms with E-state index >= 15 is 0 Å². The van der Waals surface area contributed by atoms with Crippen LogP contribution in [0.4, 0.5) is 0 Å². The van der Waals surface area contributed by atoms with Gasteiger partial charge in [-0.15, -0.1) is 11.3 Å². The fraction of sp³-hybridized carbons (Fsp3) is 0.222. The monoisotopic (exact) mass is 342 g/mol. The molecule has 1 amide bonds. The SMILES string of the molecule is Cc1[nH]c2ccccc2c1C(=O)OCC(=O)NCCc1cccs1. The third-order valence-electron chi connectivity index (χ3n) is 3.71. The topological polar surface area (TPSA) is 71.2 Å². The molecule has 0 spiro atoms. The minimum atomic E-state index is -0.488. The molecule has 0 radical (unpaired) electrons. The Balaban J connectivity index is 1.53. The first kappa shape index (κ1) is 16.3. The van der Waals surface area contributed by atoms with Gasteiger partial charge in [-0.1, -0.05) is 24.3 Å². The van der Waals surface area contributed by atoms with Crippen molar-refractivity contribution in [3.63, 3.8) is 0 Å². The molecule has 0 saturated heterocycles. The van der Waals surface area contributed by atoms with Crippen LogP contribution >= 0.6 is 11.3 Å². The number of amides is 1. The van der Waals surface area contributed by atoms with Crippen molar-refractivity contribution < 1.29 is 14.3 Å². The highest BCUT2D eigenvalue weighted by Gasteiger charge is 2.18.